The molecule has 1 aromatic carbocycles. The first-order valence-corrected chi connectivity index (χ1v) is 8.08. The maximum atomic E-state index is 4.46. The lowest BCUT2D eigenvalue weighted by Crippen LogP contribution is -2.32. The highest BCUT2D eigenvalue weighted by Crippen LogP contribution is 2.30. The zero-order valence-corrected chi connectivity index (χ0v) is 13.8. The van der Waals surface area contributed by atoms with Gasteiger partial charge in [-0.3, -0.25) is 4.98 Å². The van der Waals surface area contributed by atoms with Crippen LogP contribution in [0.25, 0.3) is 10.9 Å². The molecule has 0 aliphatic heterocycles. The highest BCUT2D eigenvalue weighted by atomic mass is 14.9. The van der Waals surface area contributed by atoms with Gasteiger partial charge in [0.25, 0.3) is 0 Å². The van der Waals surface area contributed by atoms with E-state index in [1.165, 1.54) is 23.8 Å². The van der Waals surface area contributed by atoms with E-state index in [1.807, 2.05) is 6.20 Å². The molecule has 0 bridgehead atoms. The number of aromatic nitrogens is 1. The van der Waals surface area contributed by atoms with Crippen molar-refractivity contribution in [3.8, 4) is 0 Å². The van der Waals surface area contributed by atoms with Crippen molar-refractivity contribution in [2.24, 2.45) is 5.41 Å². The number of nitrogens with zero attached hydrogens (tertiary/aromatic N) is 1. The van der Waals surface area contributed by atoms with Crippen molar-refractivity contribution in [3.63, 3.8) is 0 Å². The fraction of sp³-hybridized carbons (Fsp3) is 0.526. The number of pyridine rings is 1. The molecule has 2 rings (SSSR count). The molecule has 1 N–H and O–H groups in total. The molecule has 1 aromatic heterocycles. The van der Waals surface area contributed by atoms with Gasteiger partial charge in [-0.1, -0.05) is 39.0 Å². The maximum Gasteiger partial charge on any atom is 0.0704 e. The standard InChI is InChI=1S/C19H28N2/c1-5-11-20-15(2)13-19(3,4)14-16-10-12-21-18-9-7-6-8-17(16)18/h6-10,12,15,20H,5,11,13-14H2,1-4H3. The van der Waals surface area contributed by atoms with E-state index in [0.717, 1.165) is 18.5 Å². The summed E-state index contributed by atoms with van der Waals surface area (Å²) in [6.07, 6.45) is 5.41. The SMILES string of the molecule is CCCNC(C)CC(C)(C)Cc1ccnc2ccccc12. The molecule has 0 fully saturated rings. The molecule has 1 heterocycles. The Morgan fingerprint density at radius 2 is 1.95 bits per heavy atom. The number of para-hydroxylation sites is 1. The van der Waals surface area contributed by atoms with E-state index in [4.69, 9.17) is 0 Å². The third-order valence-electron chi connectivity index (χ3n) is 4.01. The number of hydrogen-bond acceptors (Lipinski definition) is 2. The first kappa shape index (κ1) is 16.0. The molecule has 0 amide bonds. The molecule has 2 aromatic rings. The number of nitrogens with one attached hydrogen (secondary N) is 1. The summed E-state index contributed by atoms with van der Waals surface area (Å²) in [6.45, 7) is 10.4. The van der Waals surface area contributed by atoms with Crippen molar-refractivity contribution in [1.82, 2.24) is 10.3 Å². The lowest BCUT2D eigenvalue weighted by atomic mass is 9.80. The molecule has 1 atom stereocenters. The Kier molecular flexibility index (Phi) is 5.35. The minimum absolute atomic E-state index is 0.282. The smallest absolute Gasteiger partial charge is 0.0704 e. The Morgan fingerprint density at radius 3 is 2.71 bits per heavy atom. The van der Waals surface area contributed by atoms with Crippen LogP contribution in [0, 0.1) is 5.41 Å². The van der Waals surface area contributed by atoms with Crippen molar-refractivity contribution in [2.45, 2.75) is 53.0 Å². The van der Waals surface area contributed by atoms with Gasteiger partial charge in [0.1, 0.15) is 0 Å². The zero-order valence-electron chi connectivity index (χ0n) is 13.8. The van der Waals surface area contributed by atoms with E-state index in [1.54, 1.807) is 0 Å². The van der Waals surface area contributed by atoms with E-state index in [0.29, 0.717) is 6.04 Å². The Labute approximate surface area is 129 Å². The summed E-state index contributed by atoms with van der Waals surface area (Å²) in [5.41, 5.74) is 2.79. The van der Waals surface area contributed by atoms with Crippen LogP contribution in [0.3, 0.4) is 0 Å². The van der Waals surface area contributed by atoms with Crippen molar-refractivity contribution >= 4 is 10.9 Å². The first-order chi connectivity index (χ1) is 10.0. The molecule has 0 saturated carbocycles. The topological polar surface area (TPSA) is 24.9 Å². The second kappa shape index (κ2) is 7.04. The minimum atomic E-state index is 0.282. The van der Waals surface area contributed by atoms with Gasteiger partial charge in [0.2, 0.25) is 0 Å². The van der Waals surface area contributed by atoms with Crippen molar-refractivity contribution in [1.29, 1.82) is 0 Å². The van der Waals surface area contributed by atoms with Crippen LogP contribution in [-0.4, -0.2) is 17.6 Å². The van der Waals surface area contributed by atoms with Crippen LogP contribution in [0.2, 0.25) is 0 Å². The predicted molar refractivity (Wildman–Crippen MR) is 91.6 cm³/mol. The van der Waals surface area contributed by atoms with Crippen LogP contribution >= 0.6 is 0 Å². The van der Waals surface area contributed by atoms with Crippen LogP contribution in [-0.2, 0) is 6.42 Å². The monoisotopic (exact) mass is 284 g/mol. The van der Waals surface area contributed by atoms with E-state index < -0.39 is 0 Å². The molecule has 0 radical (unpaired) electrons. The summed E-state index contributed by atoms with van der Waals surface area (Å²) in [7, 11) is 0. The molecule has 0 saturated heterocycles. The quantitative estimate of drug-likeness (QED) is 0.805. The largest absolute Gasteiger partial charge is 0.314 e. The molecule has 0 spiro atoms. The maximum absolute atomic E-state index is 4.46. The molecule has 21 heavy (non-hydrogen) atoms. The fourth-order valence-electron chi connectivity index (χ4n) is 3.19. The van der Waals surface area contributed by atoms with Crippen LogP contribution in [0.4, 0.5) is 0 Å². The lowest BCUT2D eigenvalue weighted by Gasteiger charge is -2.29. The Bertz CT molecular complexity index is 569. The molecule has 0 aliphatic rings. The van der Waals surface area contributed by atoms with Gasteiger partial charge in [0.05, 0.1) is 5.52 Å². The van der Waals surface area contributed by atoms with Crippen LogP contribution in [0.1, 0.15) is 46.1 Å². The average molecular weight is 284 g/mol. The van der Waals surface area contributed by atoms with Gasteiger partial charge in [-0.25, -0.2) is 0 Å². The van der Waals surface area contributed by atoms with Gasteiger partial charge < -0.3 is 5.32 Å². The molecular formula is C19H28N2. The minimum Gasteiger partial charge on any atom is -0.314 e. The van der Waals surface area contributed by atoms with E-state index >= 15 is 0 Å². The highest BCUT2D eigenvalue weighted by molar-refractivity contribution is 5.81. The third kappa shape index (κ3) is 4.53. The van der Waals surface area contributed by atoms with E-state index in [-0.39, 0.29) is 5.41 Å². The first-order valence-electron chi connectivity index (χ1n) is 8.08. The van der Waals surface area contributed by atoms with Gasteiger partial charge in [0, 0.05) is 17.6 Å². The molecule has 2 nitrogen and oxygen atoms in total. The summed E-state index contributed by atoms with van der Waals surface area (Å²) in [5, 5.41) is 4.89. The van der Waals surface area contributed by atoms with E-state index in [9.17, 15) is 0 Å². The Balaban J connectivity index is 2.11. The molecular weight excluding hydrogens is 256 g/mol. The second-order valence-corrected chi connectivity index (χ2v) is 6.89. The summed E-state index contributed by atoms with van der Waals surface area (Å²) >= 11 is 0. The summed E-state index contributed by atoms with van der Waals surface area (Å²) in [4.78, 5) is 4.46. The molecule has 114 valence electrons. The summed E-state index contributed by atoms with van der Waals surface area (Å²) in [5.74, 6) is 0. The summed E-state index contributed by atoms with van der Waals surface area (Å²) in [6, 6.07) is 11.2. The third-order valence-corrected chi connectivity index (χ3v) is 4.01. The number of benzene rings is 1. The van der Waals surface area contributed by atoms with Crippen LogP contribution in [0.15, 0.2) is 36.5 Å². The second-order valence-electron chi connectivity index (χ2n) is 6.89. The van der Waals surface area contributed by atoms with Gasteiger partial charge >= 0.3 is 0 Å². The predicted octanol–water partition coefficient (Wildman–Crippen LogP) is 4.58. The summed E-state index contributed by atoms with van der Waals surface area (Å²) < 4.78 is 0. The number of fused-ring (bicyclic) bond motifs is 1. The van der Waals surface area contributed by atoms with Crippen molar-refractivity contribution < 1.29 is 0 Å². The van der Waals surface area contributed by atoms with Gasteiger partial charge in [0.15, 0.2) is 0 Å². The Hall–Kier alpha value is -1.41. The van der Waals surface area contributed by atoms with Gasteiger partial charge in [-0.15, -0.1) is 0 Å². The van der Waals surface area contributed by atoms with Crippen LogP contribution < -0.4 is 5.32 Å². The Morgan fingerprint density at radius 1 is 1.19 bits per heavy atom. The molecule has 0 aliphatic carbocycles. The number of rotatable bonds is 7. The van der Waals surface area contributed by atoms with Crippen LogP contribution in [0.5, 0.6) is 0 Å². The molecule has 1 unspecified atom stereocenters. The fourth-order valence-corrected chi connectivity index (χ4v) is 3.19. The van der Waals surface area contributed by atoms with Crippen molar-refractivity contribution in [2.75, 3.05) is 6.54 Å². The number of hydrogen-bond donors (Lipinski definition) is 1. The van der Waals surface area contributed by atoms with Gasteiger partial charge in [-0.2, -0.15) is 0 Å². The average Bonchev–Trinajstić information content (AvgIpc) is 2.44. The normalized spacial score (nSPS) is 13.5. The zero-order chi connectivity index (χ0) is 15.3. The highest BCUT2D eigenvalue weighted by Gasteiger charge is 2.22. The van der Waals surface area contributed by atoms with Crippen molar-refractivity contribution in [3.05, 3.63) is 42.1 Å². The van der Waals surface area contributed by atoms with E-state index in [2.05, 4.69) is 68.3 Å². The van der Waals surface area contributed by atoms with Gasteiger partial charge in [-0.05, 0) is 55.8 Å². The lowest BCUT2D eigenvalue weighted by molar-refractivity contribution is 0.288. The molecule has 2 heteroatoms.